The van der Waals surface area contributed by atoms with Crippen LogP contribution in [0.4, 0.5) is 0 Å². The standard InChI is InChI=1S/C11H13ClN2O2/c1-7-4-9(15)8(5-13-7)10(16)14-11(6-12)2-3-11/h4-5H,2-3,6H2,1H3,(H,13,15)(H,14,16). The van der Waals surface area contributed by atoms with E-state index in [1.807, 2.05) is 0 Å². The van der Waals surface area contributed by atoms with Gasteiger partial charge in [0, 0.05) is 23.8 Å². The van der Waals surface area contributed by atoms with Gasteiger partial charge in [0.15, 0.2) is 5.43 Å². The van der Waals surface area contributed by atoms with Crippen molar-refractivity contribution in [2.75, 3.05) is 5.88 Å². The first-order valence-corrected chi connectivity index (χ1v) is 5.68. The number of rotatable bonds is 3. The average Bonchev–Trinajstić information content (AvgIpc) is 2.98. The number of alkyl halides is 1. The molecule has 5 heteroatoms. The van der Waals surface area contributed by atoms with E-state index in [1.54, 1.807) is 6.92 Å². The van der Waals surface area contributed by atoms with Crippen molar-refractivity contribution in [2.24, 2.45) is 0 Å². The highest BCUT2D eigenvalue weighted by Gasteiger charge is 2.43. The summed E-state index contributed by atoms with van der Waals surface area (Å²) in [6.07, 6.45) is 3.20. The second kappa shape index (κ2) is 3.94. The quantitative estimate of drug-likeness (QED) is 0.780. The van der Waals surface area contributed by atoms with Crippen LogP contribution in [0.2, 0.25) is 0 Å². The second-order valence-electron chi connectivity index (χ2n) is 4.26. The van der Waals surface area contributed by atoms with Gasteiger partial charge in [-0.1, -0.05) is 0 Å². The van der Waals surface area contributed by atoms with Gasteiger partial charge in [-0.05, 0) is 19.8 Å². The molecule has 1 aromatic rings. The predicted octanol–water partition coefficient (Wildman–Crippen LogP) is 1.18. The van der Waals surface area contributed by atoms with Gasteiger partial charge in [0.05, 0.1) is 5.54 Å². The van der Waals surface area contributed by atoms with E-state index in [-0.39, 0.29) is 22.4 Å². The van der Waals surface area contributed by atoms with Crippen molar-refractivity contribution in [1.29, 1.82) is 0 Å². The lowest BCUT2D eigenvalue weighted by molar-refractivity contribution is 0.0934. The lowest BCUT2D eigenvalue weighted by Crippen LogP contribution is -2.40. The highest BCUT2D eigenvalue weighted by molar-refractivity contribution is 6.19. The predicted molar refractivity (Wildman–Crippen MR) is 62.0 cm³/mol. The Morgan fingerprint density at radius 2 is 2.31 bits per heavy atom. The number of halogens is 1. The Morgan fingerprint density at radius 1 is 1.62 bits per heavy atom. The summed E-state index contributed by atoms with van der Waals surface area (Å²) in [5.74, 6) is 0.0436. The van der Waals surface area contributed by atoms with Gasteiger partial charge in [-0.25, -0.2) is 0 Å². The van der Waals surface area contributed by atoms with Gasteiger partial charge in [-0.3, -0.25) is 9.59 Å². The van der Waals surface area contributed by atoms with Gasteiger partial charge in [-0.15, -0.1) is 11.6 Å². The number of aromatic amines is 1. The van der Waals surface area contributed by atoms with Crippen molar-refractivity contribution in [2.45, 2.75) is 25.3 Å². The molecular weight excluding hydrogens is 228 g/mol. The van der Waals surface area contributed by atoms with E-state index in [0.717, 1.165) is 18.5 Å². The largest absolute Gasteiger partial charge is 0.364 e. The summed E-state index contributed by atoms with van der Waals surface area (Å²) in [5, 5.41) is 2.80. The van der Waals surface area contributed by atoms with Crippen LogP contribution in [0.15, 0.2) is 17.1 Å². The third-order valence-electron chi connectivity index (χ3n) is 2.79. The summed E-state index contributed by atoms with van der Waals surface area (Å²) < 4.78 is 0. The van der Waals surface area contributed by atoms with E-state index in [2.05, 4.69) is 10.3 Å². The minimum atomic E-state index is -0.348. The Hall–Kier alpha value is -1.29. The molecule has 2 rings (SSSR count). The molecule has 0 saturated heterocycles. The van der Waals surface area contributed by atoms with Crippen molar-refractivity contribution in [3.63, 3.8) is 0 Å². The van der Waals surface area contributed by atoms with Gasteiger partial charge in [0.1, 0.15) is 5.56 Å². The highest BCUT2D eigenvalue weighted by Crippen LogP contribution is 2.36. The Bertz CT molecular complexity index is 477. The zero-order valence-corrected chi connectivity index (χ0v) is 9.73. The third-order valence-corrected chi connectivity index (χ3v) is 3.30. The normalized spacial score (nSPS) is 16.9. The Labute approximate surface area is 98.0 Å². The second-order valence-corrected chi connectivity index (χ2v) is 4.53. The van der Waals surface area contributed by atoms with Crippen LogP contribution < -0.4 is 10.7 Å². The number of aromatic nitrogens is 1. The summed E-state index contributed by atoms with van der Waals surface area (Å²) in [5.41, 5.74) is 0.330. The third kappa shape index (κ3) is 2.11. The summed E-state index contributed by atoms with van der Waals surface area (Å²) in [6, 6.07) is 1.41. The maximum Gasteiger partial charge on any atom is 0.257 e. The molecule has 1 saturated carbocycles. The maximum absolute atomic E-state index is 11.8. The van der Waals surface area contributed by atoms with E-state index in [9.17, 15) is 9.59 Å². The van der Waals surface area contributed by atoms with Crippen LogP contribution in [0.1, 0.15) is 28.9 Å². The fourth-order valence-corrected chi connectivity index (χ4v) is 1.84. The number of H-pyrrole nitrogens is 1. The number of carbonyl (C=O) groups excluding carboxylic acids is 1. The Kier molecular flexibility index (Phi) is 2.76. The first-order chi connectivity index (χ1) is 7.56. The lowest BCUT2D eigenvalue weighted by atomic mass is 10.2. The molecule has 1 amide bonds. The monoisotopic (exact) mass is 240 g/mol. The number of hydrogen-bond donors (Lipinski definition) is 2. The molecule has 1 heterocycles. The maximum atomic E-state index is 11.8. The van der Waals surface area contributed by atoms with Gasteiger partial charge in [0.25, 0.3) is 5.91 Å². The molecule has 0 radical (unpaired) electrons. The lowest BCUT2D eigenvalue weighted by Gasteiger charge is -2.13. The molecule has 0 aromatic carbocycles. The summed E-state index contributed by atoms with van der Waals surface area (Å²) in [6.45, 7) is 1.77. The van der Waals surface area contributed by atoms with E-state index in [1.165, 1.54) is 12.3 Å². The number of carbonyl (C=O) groups is 1. The molecule has 1 aliphatic rings. The SMILES string of the molecule is Cc1cc(=O)c(C(=O)NC2(CCl)CC2)c[nH]1. The van der Waals surface area contributed by atoms with Crippen molar-refractivity contribution >= 4 is 17.5 Å². The first kappa shape index (κ1) is 11.2. The molecule has 4 nitrogen and oxygen atoms in total. The van der Waals surface area contributed by atoms with E-state index < -0.39 is 0 Å². The van der Waals surface area contributed by atoms with Gasteiger partial charge in [0.2, 0.25) is 0 Å². The smallest absolute Gasteiger partial charge is 0.257 e. The van der Waals surface area contributed by atoms with E-state index in [0.29, 0.717) is 5.88 Å². The summed E-state index contributed by atoms with van der Waals surface area (Å²) >= 11 is 5.75. The van der Waals surface area contributed by atoms with E-state index in [4.69, 9.17) is 11.6 Å². The van der Waals surface area contributed by atoms with Crippen LogP contribution in [-0.2, 0) is 0 Å². The first-order valence-electron chi connectivity index (χ1n) is 5.14. The number of hydrogen-bond acceptors (Lipinski definition) is 2. The zero-order chi connectivity index (χ0) is 11.8. The molecule has 0 bridgehead atoms. The fraction of sp³-hybridized carbons (Fsp3) is 0.455. The van der Waals surface area contributed by atoms with Crippen LogP contribution in [0.3, 0.4) is 0 Å². The molecule has 1 fully saturated rings. The summed E-state index contributed by atoms with van der Waals surface area (Å²) in [4.78, 5) is 26.2. The zero-order valence-electron chi connectivity index (χ0n) is 8.97. The molecular formula is C11H13ClN2O2. The van der Waals surface area contributed by atoms with Crippen molar-refractivity contribution < 1.29 is 4.79 Å². The molecule has 1 aromatic heterocycles. The topological polar surface area (TPSA) is 62.0 Å². The van der Waals surface area contributed by atoms with Crippen molar-refractivity contribution in [1.82, 2.24) is 10.3 Å². The fourth-order valence-electron chi connectivity index (χ4n) is 1.50. The molecule has 0 atom stereocenters. The molecule has 1 aliphatic carbocycles. The number of pyridine rings is 1. The van der Waals surface area contributed by atoms with Crippen LogP contribution in [0.5, 0.6) is 0 Å². The minimum Gasteiger partial charge on any atom is -0.364 e. The average molecular weight is 241 g/mol. The van der Waals surface area contributed by atoms with Gasteiger partial charge >= 0.3 is 0 Å². The minimum absolute atomic E-state index is 0.141. The van der Waals surface area contributed by atoms with Crippen LogP contribution in [-0.4, -0.2) is 22.3 Å². The molecule has 2 N–H and O–H groups in total. The number of aryl methyl sites for hydroxylation is 1. The Morgan fingerprint density at radius 3 is 2.81 bits per heavy atom. The molecule has 0 unspecified atom stereocenters. The number of nitrogens with one attached hydrogen (secondary N) is 2. The van der Waals surface area contributed by atoms with Gasteiger partial charge in [-0.2, -0.15) is 0 Å². The van der Waals surface area contributed by atoms with Crippen LogP contribution >= 0.6 is 11.6 Å². The summed E-state index contributed by atoms with van der Waals surface area (Å²) in [7, 11) is 0. The Balaban J connectivity index is 2.18. The molecule has 16 heavy (non-hydrogen) atoms. The molecule has 86 valence electrons. The molecule has 0 aliphatic heterocycles. The van der Waals surface area contributed by atoms with Crippen LogP contribution in [0, 0.1) is 6.92 Å². The van der Waals surface area contributed by atoms with Crippen LogP contribution in [0.25, 0.3) is 0 Å². The van der Waals surface area contributed by atoms with E-state index >= 15 is 0 Å². The molecule has 0 spiro atoms. The highest BCUT2D eigenvalue weighted by atomic mass is 35.5. The van der Waals surface area contributed by atoms with Crippen molar-refractivity contribution in [3.05, 3.63) is 33.7 Å². The van der Waals surface area contributed by atoms with Crippen molar-refractivity contribution in [3.8, 4) is 0 Å². The number of amides is 1. The van der Waals surface area contributed by atoms with Gasteiger partial charge < -0.3 is 10.3 Å².